The molecule has 0 bridgehead atoms. The van der Waals surface area contributed by atoms with Gasteiger partial charge in [-0.15, -0.1) is 0 Å². The predicted molar refractivity (Wildman–Crippen MR) is 71.9 cm³/mol. The number of likely N-dealkylation sites (N-methyl/N-ethyl adjacent to an activating group) is 1. The van der Waals surface area contributed by atoms with E-state index in [1.807, 2.05) is 17.0 Å². The zero-order valence-corrected chi connectivity index (χ0v) is 11.2. The lowest BCUT2D eigenvalue weighted by atomic mass is 10.2. The summed E-state index contributed by atoms with van der Waals surface area (Å²) >= 11 is 0. The Bertz CT molecular complexity index is 428. The smallest absolute Gasteiger partial charge is 0.260 e. The Kier molecular flexibility index (Phi) is 4.76. The van der Waals surface area contributed by atoms with Crippen LogP contribution in [0.2, 0.25) is 0 Å². The van der Waals surface area contributed by atoms with Gasteiger partial charge in [-0.25, -0.2) is 0 Å². The van der Waals surface area contributed by atoms with Gasteiger partial charge < -0.3 is 19.6 Å². The summed E-state index contributed by atoms with van der Waals surface area (Å²) in [5, 5.41) is 9.18. The van der Waals surface area contributed by atoms with Crippen LogP contribution in [0.15, 0.2) is 24.3 Å². The van der Waals surface area contributed by atoms with Crippen LogP contribution in [-0.2, 0) is 11.4 Å². The molecule has 0 radical (unpaired) electrons. The largest absolute Gasteiger partial charge is 0.483 e. The summed E-state index contributed by atoms with van der Waals surface area (Å²) in [5.41, 5.74) is 0.702. The van der Waals surface area contributed by atoms with E-state index < -0.39 is 0 Å². The first-order valence-electron chi connectivity index (χ1n) is 6.48. The predicted octanol–water partition coefficient (Wildman–Crippen LogP) is 0.332. The van der Waals surface area contributed by atoms with Crippen LogP contribution in [0.25, 0.3) is 0 Å². The van der Waals surface area contributed by atoms with Gasteiger partial charge in [0.1, 0.15) is 5.75 Å². The second kappa shape index (κ2) is 6.54. The van der Waals surface area contributed by atoms with Crippen molar-refractivity contribution in [3.05, 3.63) is 29.8 Å². The molecular formula is C14H20N2O3. The second-order valence-corrected chi connectivity index (χ2v) is 4.74. The first kappa shape index (κ1) is 13.8. The fourth-order valence-corrected chi connectivity index (χ4v) is 2.06. The van der Waals surface area contributed by atoms with Gasteiger partial charge in [0.15, 0.2) is 6.61 Å². The van der Waals surface area contributed by atoms with Crippen molar-refractivity contribution in [2.75, 3.05) is 39.8 Å². The molecule has 1 amide bonds. The third kappa shape index (κ3) is 3.68. The van der Waals surface area contributed by atoms with Gasteiger partial charge in [0.05, 0.1) is 6.61 Å². The molecule has 0 unspecified atom stereocenters. The number of ether oxygens (including phenoxy) is 1. The lowest BCUT2D eigenvalue weighted by molar-refractivity contribution is -0.134. The third-order valence-electron chi connectivity index (χ3n) is 3.35. The molecule has 1 aromatic rings. The zero-order valence-electron chi connectivity index (χ0n) is 11.2. The number of amides is 1. The minimum absolute atomic E-state index is 0.000780. The van der Waals surface area contributed by atoms with Crippen molar-refractivity contribution >= 4 is 5.91 Å². The number of nitrogens with zero attached hydrogens (tertiary/aromatic N) is 2. The van der Waals surface area contributed by atoms with Crippen LogP contribution in [0.3, 0.4) is 0 Å². The number of rotatable bonds is 4. The van der Waals surface area contributed by atoms with Crippen LogP contribution in [0.5, 0.6) is 5.75 Å². The van der Waals surface area contributed by atoms with Crippen LogP contribution < -0.4 is 4.74 Å². The van der Waals surface area contributed by atoms with E-state index in [2.05, 4.69) is 11.9 Å². The first-order chi connectivity index (χ1) is 9.20. The summed E-state index contributed by atoms with van der Waals surface area (Å²) in [4.78, 5) is 16.0. The van der Waals surface area contributed by atoms with Crippen LogP contribution in [0.1, 0.15) is 5.56 Å². The summed E-state index contributed by atoms with van der Waals surface area (Å²) < 4.78 is 5.51. The maximum absolute atomic E-state index is 12.0. The van der Waals surface area contributed by atoms with E-state index in [4.69, 9.17) is 4.74 Å². The van der Waals surface area contributed by atoms with Crippen LogP contribution in [0.4, 0.5) is 0 Å². The molecule has 0 aromatic heterocycles. The Hall–Kier alpha value is -1.59. The minimum Gasteiger partial charge on any atom is -0.483 e. The Morgan fingerprint density at radius 3 is 2.63 bits per heavy atom. The van der Waals surface area contributed by atoms with Gasteiger partial charge in [0.2, 0.25) is 0 Å². The first-order valence-corrected chi connectivity index (χ1v) is 6.48. The summed E-state index contributed by atoms with van der Waals surface area (Å²) in [6.45, 7) is 3.25. The molecular weight excluding hydrogens is 244 g/mol. The van der Waals surface area contributed by atoms with Gasteiger partial charge >= 0.3 is 0 Å². The molecule has 1 N–H and O–H groups in total. The highest BCUT2D eigenvalue weighted by Gasteiger charge is 2.19. The van der Waals surface area contributed by atoms with Crippen LogP contribution in [-0.4, -0.2) is 60.6 Å². The van der Waals surface area contributed by atoms with E-state index in [-0.39, 0.29) is 19.1 Å². The molecule has 1 fully saturated rings. The monoisotopic (exact) mass is 264 g/mol. The van der Waals surface area contributed by atoms with Gasteiger partial charge in [-0.3, -0.25) is 4.79 Å². The van der Waals surface area contributed by atoms with Crippen molar-refractivity contribution in [1.82, 2.24) is 9.80 Å². The SMILES string of the molecule is CN1CCN(C(=O)COc2ccccc2CO)CC1. The topological polar surface area (TPSA) is 53.0 Å². The number of aliphatic hydroxyl groups is 1. The summed E-state index contributed by atoms with van der Waals surface area (Å²) in [6.07, 6.45) is 0. The molecule has 0 atom stereocenters. The van der Waals surface area contributed by atoms with Gasteiger partial charge in [-0.2, -0.15) is 0 Å². The van der Waals surface area contributed by atoms with E-state index in [1.54, 1.807) is 12.1 Å². The lowest BCUT2D eigenvalue weighted by Gasteiger charge is -2.32. The maximum Gasteiger partial charge on any atom is 0.260 e. The standard InChI is InChI=1S/C14H20N2O3/c1-15-6-8-16(9-7-15)14(18)11-19-13-5-3-2-4-12(13)10-17/h2-5,17H,6-11H2,1H3. The van der Waals surface area contributed by atoms with Gasteiger partial charge in [-0.1, -0.05) is 18.2 Å². The van der Waals surface area contributed by atoms with E-state index in [0.717, 1.165) is 26.2 Å². The fourth-order valence-electron chi connectivity index (χ4n) is 2.06. The average molecular weight is 264 g/mol. The van der Waals surface area contributed by atoms with E-state index in [0.29, 0.717) is 11.3 Å². The number of hydrogen-bond donors (Lipinski definition) is 1. The summed E-state index contributed by atoms with van der Waals surface area (Å²) in [7, 11) is 2.05. The normalized spacial score (nSPS) is 16.4. The van der Waals surface area contributed by atoms with E-state index >= 15 is 0 Å². The molecule has 1 aromatic carbocycles. The van der Waals surface area contributed by atoms with Crippen molar-refractivity contribution < 1.29 is 14.6 Å². The zero-order chi connectivity index (χ0) is 13.7. The lowest BCUT2D eigenvalue weighted by Crippen LogP contribution is -2.48. The molecule has 104 valence electrons. The molecule has 19 heavy (non-hydrogen) atoms. The number of piperazine rings is 1. The van der Waals surface area contributed by atoms with Gasteiger partial charge in [-0.05, 0) is 13.1 Å². The molecule has 0 spiro atoms. The van der Waals surface area contributed by atoms with Crippen molar-refractivity contribution in [1.29, 1.82) is 0 Å². The average Bonchev–Trinajstić information content (AvgIpc) is 2.45. The number of benzene rings is 1. The highest BCUT2D eigenvalue weighted by Crippen LogP contribution is 2.17. The van der Waals surface area contributed by atoms with Crippen molar-refractivity contribution in [2.45, 2.75) is 6.61 Å². The summed E-state index contributed by atoms with van der Waals surface area (Å²) in [6, 6.07) is 7.22. The quantitative estimate of drug-likeness (QED) is 0.851. The third-order valence-corrected chi connectivity index (χ3v) is 3.35. The van der Waals surface area contributed by atoms with Crippen molar-refractivity contribution in [3.8, 4) is 5.75 Å². The van der Waals surface area contributed by atoms with E-state index in [9.17, 15) is 9.90 Å². The highest BCUT2D eigenvalue weighted by atomic mass is 16.5. The molecule has 2 rings (SSSR count). The maximum atomic E-state index is 12.0. The molecule has 0 saturated carbocycles. The molecule has 5 nitrogen and oxygen atoms in total. The number of hydrogen-bond acceptors (Lipinski definition) is 4. The van der Waals surface area contributed by atoms with Crippen LogP contribution >= 0.6 is 0 Å². The van der Waals surface area contributed by atoms with Crippen LogP contribution in [0, 0.1) is 0 Å². The summed E-state index contributed by atoms with van der Waals surface area (Å²) in [5.74, 6) is 0.577. The molecule has 5 heteroatoms. The molecule has 1 saturated heterocycles. The van der Waals surface area contributed by atoms with E-state index in [1.165, 1.54) is 0 Å². The number of carbonyl (C=O) groups is 1. The molecule has 0 aliphatic carbocycles. The Morgan fingerprint density at radius 1 is 1.26 bits per heavy atom. The van der Waals surface area contributed by atoms with Crippen molar-refractivity contribution in [3.63, 3.8) is 0 Å². The molecule has 1 aliphatic rings. The number of para-hydroxylation sites is 1. The van der Waals surface area contributed by atoms with Gasteiger partial charge in [0, 0.05) is 31.7 Å². The number of carbonyl (C=O) groups excluding carboxylic acids is 1. The number of aliphatic hydroxyl groups excluding tert-OH is 1. The molecule has 1 heterocycles. The fraction of sp³-hybridized carbons (Fsp3) is 0.500. The minimum atomic E-state index is -0.0845. The Labute approximate surface area is 113 Å². The Balaban J connectivity index is 1.86. The molecule has 1 aliphatic heterocycles. The van der Waals surface area contributed by atoms with Gasteiger partial charge in [0.25, 0.3) is 5.91 Å². The Morgan fingerprint density at radius 2 is 1.95 bits per heavy atom. The second-order valence-electron chi connectivity index (χ2n) is 4.74. The van der Waals surface area contributed by atoms with Crippen molar-refractivity contribution in [2.24, 2.45) is 0 Å². The highest BCUT2D eigenvalue weighted by molar-refractivity contribution is 5.77.